The lowest BCUT2D eigenvalue weighted by Crippen LogP contribution is -2.03. The van der Waals surface area contributed by atoms with E-state index >= 15 is 0 Å². The molecule has 2 nitrogen and oxygen atoms in total. The fourth-order valence-corrected chi connectivity index (χ4v) is 2.39. The maximum Gasteiger partial charge on any atom is 0.219 e. The Hall–Kier alpha value is -1.58. The minimum Gasteiger partial charge on any atom is -0.388 e. The summed E-state index contributed by atoms with van der Waals surface area (Å²) >= 11 is 1.14. The van der Waals surface area contributed by atoms with Crippen LogP contribution in [0, 0.1) is 0 Å². The van der Waals surface area contributed by atoms with E-state index in [0.717, 1.165) is 17.3 Å². The third-order valence-electron chi connectivity index (χ3n) is 2.57. The van der Waals surface area contributed by atoms with E-state index in [1.807, 2.05) is 48.5 Å². The van der Waals surface area contributed by atoms with Crippen molar-refractivity contribution in [1.29, 1.82) is 0 Å². The van der Waals surface area contributed by atoms with E-state index in [1.54, 1.807) is 12.1 Å². The van der Waals surface area contributed by atoms with Gasteiger partial charge in [0, 0.05) is 11.3 Å². The van der Waals surface area contributed by atoms with Crippen molar-refractivity contribution in [3.05, 3.63) is 71.8 Å². The van der Waals surface area contributed by atoms with Crippen LogP contribution in [-0.2, 0) is 0 Å². The summed E-state index contributed by atoms with van der Waals surface area (Å²) in [7, 11) is 0. The first-order valence-electron chi connectivity index (χ1n) is 5.72. The number of carbonyl (C=O) groups is 1. The van der Waals surface area contributed by atoms with Crippen molar-refractivity contribution in [2.24, 2.45) is 0 Å². The van der Waals surface area contributed by atoms with Gasteiger partial charge in [-0.2, -0.15) is 0 Å². The average molecular weight is 258 g/mol. The van der Waals surface area contributed by atoms with Crippen LogP contribution in [0.25, 0.3) is 0 Å². The van der Waals surface area contributed by atoms with Gasteiger partial charge in [0.2, 0.25) is 5.12 Å². The van der Waals surface area contributed by atoms with Gasteiger partial charge in [0.05, 0.1) is 6.10 Å². The molecular formula is C15H14O2S. The van der Waals surface area contributed by atoms with Gasteiger partial charge in [0.15, 0.2) is 0 Å². The predicted octanol–water partition coefficient (Wildman–Crippen LogP) is 3.29. The van der Waals surface area contributed by atoms with E-state index in [4.69, 9.17) is 0 Å². The molecule has 0 heterocycles. The smallest absolute Gasteiger partial charge is 0.219 e. The molecule has 0 bridgehead atoms. The van der Waals surface area contributed by atoms with Crippen molar-refractivity contribution >= 4 is 16.9 Å². The third kappa shape index (κ3) is 3.45. The molecule has 18 heavy (non-hydrogen) atoms. The fourth-order valence-electron chi connectivity index (χ4n) is 1.58. The number of hydrogen-bond donors (Lipinski definition) is 1. The van der Waals surface area contributed by atoms with Crippen LogP contribution in [0.4, 0.5) is 0 Å². The van der Waals surface area contributed by atoms with E-state index in [0.29, 0.717) is 11.3 Å². The van der Waals surface area contributed by atoms with Crippen LogP contribution < -0.4 is 0 Å². The topological polar surface area (TPSA) is 37.3 Å². The number of thioether (sulfide) groups is 1. The number of hydrogen-bond acceptors (Lipinski definition) is 3. The largest absolute Gasteiger partial charge is 0.388 e. The zero-order chi connectivity index (χ0) is 12.8. The van der Waals surface area contributed by atoms with E-state index in [2.05, 4.69) is 0 Å². The monoisotopic (exact) mass is 258 g/mol. The van der Waals surface area contributed by atoms with Crippen LogP contribution >= 0.6 is 11.8 Å². The quantitative estimate of drug-likeness (QED) is 0.914. The SMILES string of the molecule is O=C(SCC(O)c1ccccc1)c1ccccc1. The number of benzene rings is 2. The lowest BCUT2D eigenvalue weighted by Gasteiger charge is -2.09. The minimum atomic E-state index is -0.608. The number of aliphatic hydroxyl groups is 1. The molecule has 0 saturated heterocycles. The Morgan fingerprint density at radius 2 is 1.56 bits per heavy atom. The van der Waals surface area contributed by atoms with E-state index < -0.39 is 6.10 Å². The van der Waals surface area contributed by atoms with Crippen molar-refractivity contribution < 1.29 is 9.90 Å². The molecule has 0 fully saturated rings. The standard InChI is InChI=1S/C15H14O2S/c16-14(12-7-3-1-4-8-12)11-18-15(17)13-9-5-2-6-10-13/h1-10,14,16H,11H2. The van der Waals surface area contributed by atoms with Gasteiger partial charge in [-0.15, -0.1) is 0 Å². The van der Waals surface area contributed by atoms with E-state index in [9.17, 15) is 9.90 Å². The van der Waals surface area contributed by atoms with Crippen molar-refractivity contribution in [2.45, 2.75) is 6.10 Å². The van der Waals surface area contributed by atoms with Crippen molar-refractivity contribution in [3.8, 4) is 0 Å². The Balaban J connectivity index is 1.91. The lowest BCUT2D eigenvalue weighted by atomic mass is 10.1. The molecule has 0 spiro atoms. The van der Waals surface area contributed by atoms with Gasteiger partial charge in [0.1, 0.15) is 0 Å². The van der Waals surface area contributed by atoms with Gasteiger partial charge in [-0.1, -0.05) is 72.4 Å². The molecule has 0 saturated carbocycles. The first-order chi connectivity index (χ1) is 8.77. The molecule has 0 aliphatic rings. The summed E-state index contributed by atoms with van der Waals surface area (Å²) in [4.78, 5) is 11.8. The van der Waals surface area contributed by atoms with Gasteiger partial charge < -0.3 is 5.11 Å². The summed E-state index contributed by atoms with van der Waals surface area (Å²) in [6, 6.07) is 18.5. The fraction of sp³-hybridized carbons (Fsp3) is 0.133. The molecule has 0 radical (unpaired) electrons. The summed E-state index contributed by atoms with van der Waals surface area (Å²) in [5.74, 6) is 0.373. The van der Waals surface area contributed by atoms with Gasteiger partial charge in [-0.05, 0) is 5.56 Å². The highest BCUT2D eigenvalue weighted by molar-refractivity contribution is 8.14. The lowest BCUT2D eigenvalue weighted by molar-refractivity contribution is 0.108. The highest BCUT2D eigenvalue weighted by Gasteiger charge is 2.11. The highest BCUT2D eigenvalue weighted by Crippen LogP contribution is 2.20. The molecule has 1 N–H and O–H groups in total. The third-order valence-corrected chi connectivity index (χ3v) is 3.55. The van der Waals surface area contributed by atoms with Crippen molar-refractivity contribution in [3.63, 3.8) is 0 Å². The minimum absolute atomic E-state index is 0.00872. The van der Waals surface area contributed by atoms with Crippen molar-refractivity contribution in [2.75, 3.05) is 5.75 Å². The second-order valence-electron chi connectivity index (χ2n) is 3.89. The molecule has 1 unspecified atom stereocenters. The highest BCUT2D eigenvalue weighted by atomic mass is 32.2. The summed E-state index contributed by atoms with van der Waals surface area (Å²) in [6.07, 6.45) is -0.608. The van der Waals surface area contributed by atoms with Crippen LogP contribution in [-0.4, -0.2) is 16.0 Å². The Morgan fingerprint density at radius 1 is 1.00 bits per heavy atom. The molecule has 2 rings (SSSR count). The van der Waals surface area contributed by atoms with Gasteiger partial charge in [0.25, 0.3) is 0 Å². The maximum absolute atomic E-state index is 11.8. The molecule has 3 heteroatoms. The maximum atomic E-state index is 11.8. The van der Waals surface area contributed by atoms with Gasteiger partial charge in [-0.3, -0.25) is 4.79 Å². The molecule has 0 aromatic heterocycles. The molecule has 1 atom stereocenters. The van der Waals surface area contributed by atoms with Crippen LogP contribution in [0.5, 0.6) is 0 Å². The number of rotatable bonds is 4. The van der Waals surface area contributed by atoms with Crippen LogP contribution in [0.3, 0.4) is 0 Å². The van der Waals surface area contributed by atoms with Crippen molar-refractivity contribution in [1.82, 2.24) is 0 Å². The van der Waals surface area contributed by atoms with E-state index in [-0.39, 0.29) is 5.12 Å². The predicted molar refractivity (Wildman–Crippen MR) is 74.6 cm³/mol. The summed E-state index contributed by atoms with van der Waals surface area (Å²) < 4.78 is 0. The summed E-state index contributed by atoms with van der Waals surface area (Å²) in [6.45, 7) is 0. The first-order valence-corrected chi connectivity index (χ1v) is 6.71. The molecule has 2 aromatic carbocycles. The molecule has 0 aliphatic carbocycles. The zero-order valence-corrected chi connectivity index (χ0v) is 10.6. The second kappa shape index (κ2) is 6.38. The number of aliphatic hydroxyl groups excluding tert-OH is 1. The Bertz CT molecular complexity index is 496. The van der Waals surface area contributed by atoms with Crippen LogP contribution in [0.1, 0.15) is 22.0 Å². The van der Waals surface area contributed by atoms with Crippen LogP contribution in [0.15, 0.2) is 60.7 Å². The average Bonchev–Trinajstić information content (AvgIpc) is 2.46. The molecule has 0 aliphatic heterocycles. The molecule has 92 valence electrons. The summed E-state index contributed by atoms with van der Waals surface area (Å²) in [5.41, 5.74) is 1.51. The normalized spacial score (nSPS) is 12.1. The molecule has 2 aromatic rings. The first kappa shape index (κ1) is 12.9. The summed E-state index contributed by atoms with van der Waals surface area (Å²) in [5, 5.41) is 9.93. The molecular weight excluding hydrogens is 244 g/mol. The Labute approximate surface area is 111 Å². The zero-order valence-electron chi connectivity index (χ0n) is 9.82. The van der Waals surface area contributed by atoms with Gasteiger partial charge in [-0.25, -0.2) is 0 Å². The van der Waals surface area contributed by atoms with Crippen LogP contribution in [0.2, 0.25) is 0 Å². The van der Waals surface area contributed by atoms with Gasteiger partial charge >= 0.3 is 0 Å². The molecule has 0 amide bonds. The Morgan fingerprint density at radius 3 is 2.17 bits per heavy atom. The Kier molecular flexibility index (Phi) is 4.56. The number of carbonyl (C=O) groups excluding carboxylic acids is 1. The second-order valence-corrected chi connectivity index (χ2v) is 4.88. The van der Waals surface area contributed by atoms with E-state index in [1.165, 1.54) is 0 Å².